The third-order valence-corrected chi connectivity index (χ3v) is 6.99. The van der Waals surface area contributed by atoms with Crippen LogP contribution in [0.25, 0.3) is 0 Å². The first kappa shape index (κ1) is 26.4. The van der Waals surface area contributed by atoms with E-state index in [1.807, 2.05) is 19.9 Å². The first-order valence-electron chi connectivity index (χ1n) is 12.4. The van der Waals surface area contributed by atoms with Crippen molar-refractivity contribution in [1.82, 2.24) is 5.32 Å². The molecule has 34 heavy (non-hydrogen) atoms. The zero-order valence-corrected chi connectivity index (χ0v) is 21.1. The number of thiophene rings is 1. The summed E-state index contributed by atoms with van der Waals surface area (Å²) in [7, 11) is 0. The minimum Gasteiger partial charge on any atom is -0.459 e. The molecule has 186 valence electrons. The number of aliphatic hydroxyl groups is 1. The predicted molar refractivity (Wildman–Crippen MR) is 134 cm³/mol. The molecule has 1 aromatic heterocycles. The maximum Gasteiger partial charge on any atom is 0.348 e. The normalized spacial score (nSPS) is 16.6. The van der Waals surface area contributed by atoms with Gasteiger partial charge in [0, 0.05) is 17.9 Å². The van der Waals surface area contributed by atoms with Crippen LogP contribution in [0.3, 0.4) is 0 Å². The molecule has 0 saturated carbocycles. The lowest BCUT2D eigenvalue weighted by atomic mass is 10.0. The average Bonchev–Trinajstić information content (AvgIpc) is 3.46. The summed E-state index contributed by atoms with van der Waals surface area (Å²) >= 11 is 1.39. The lowest BCUT2D eigenvalue weighted by molar-refractivity contribution is -0.119. The Labute approximate surface area is 206 Å². The number of amides is 1. The molecule has 0 spiro atoms. The quantitative estimate of drug-likeness (QED) is 0.283. The molecular weight excluding hydrogens is 450 g/mol. The minimum atomic E-state index is -0.317. The maximum atomic E-state index is 12.3. The van der Waals surface area contributed by atoms with Crippen molar-refractivity contribution in [2.75, 3.05) is 13.2 Å². The van der Waals surface area contributed by atoms with Gasteiger partial charge in [-0.2, -0.15) is 0 Å². The lowest BCUT2D eigenvalue weighted by Gasteiger charge is -2.20. The second kappa shape index (κ2) is 13.6. The number of nitrogens with one attached hydrogen (secondary N) is 1. The van der Waals surface area contributed by atoms with Crippen molar-refractivity contribution in [3.05, 3.63) is 57.3 Å². The standard InChI is InChI=1S/C27H37NO5S/c1-19(2)33-27(31)24-15-14-23(34-24)26(32-18-22-13-16-25(30)28-22)21-11-9-20(10-12-21)8-6-4-3-5-7-17-29/h9-12,14-15,19,22,26,29H,3-8,13,16-18H2,1-2H3,(H,28,30)/t22-,26?/m0/s1. The molecule has 1 unspecified atom stereocenters. The second-order valence-electron chi connectivity index (χ2n) is 9.16. The number of carbonyl (C=O) groups is 2. The molecule has 1 aliphatic rings. The number of aliphatic hydroxyl groups excluding tert-OH is 1. The highest BCUT2D eigenvalue weighted by molar-refractivity contribution is 7.14. The van der Waals surface area contributed by atoms with E-state index in [4.69, 9.17) is 14.6 Å². The van der Waals surface area contributed by atoms with Crippen molar-refractivity contribution in [3.63, 3.8) is 0 Å². The molecule has 2 heterocycles. The fourth-order valence-electron chi connectivity index (χ4n) is 4.06. The van der Waals surface area contributed by atoms with Gasteiger partial charge < -0.3 is 19.9 Å². The molecule has 2 aromatic rings. The van der Waals surface area contributed by atoms with Gasteiger partial charge in [-0.05, 0) is 62.8 Å². The van der Waals surface area contributed by atoms with Crippen LogP contribution in [0.4, 0.5) is 0 Å². The topological polar surface area (TPSA) is 84.9 Å². The maximum absolute atomic E-state index is 12.3. The Hall–Kier alpha value is -2.22. The van der Waals surface area contributed by atoms with E-state index in [1.165, 1.54) is 23.3 Å². The van der Waals surface area contributed by atoms with E-state index in [9.17, 15) is 9.59 Å². The number of rotatable bonds is 14. The van der Waals surface area contributed by atoms with E-state index < -0.39 is 0 Å². The largest absolute Gasteiger partial charge is 0.459 e. The van der Waals surface area contributed by atoms with Gasteiger partial charge in [0.05, 0.1) is 18.8 Å². The van der Waals surface area contributed by atoms with Crippen LogP contribution in [-0.2, 0) is 20.7 Å². The molecule has 1 fully saturated rings. The fraction of sp³-hybridized carbons (Fsp3) is 0.556. The summed E-state index contributed by atoms with van der Waals surface area (Å²) in [5.41, 5.74) is 2.32. The molecule has 0 aliphatic carbocycles. The Morgan fingerprint density at radius 1 is 1.09 bits per heavy atom. The van der Waals surface area contributed by atoms with Crippen molar-refractivity contribution < 1.29 is 24.2 Å². The molecule has 7 heteroatoms. The molecule has 1 aromatic carbocycles. The van der Waals surface area contributed by atoms with Gasteiger partial charge in [0.15, 0.2) is 0 Å². The minimum absolute atomic E-state index is 0.0189. The zero-order valence-electron chi connectivity index (χ0n) is 20.3. The van der Waals surface area contributed by atoms with Gasteiger partial charge in [-0.1, -0.05) is 43.5 Å². The molecule has 2 atom stereocenters. The van der Waals surface area contributed by atoms with Crippen LogP contribution in [0.15, 0.2) is 36.4 Å². The summed E-state index contributed by atoms with van der Waals surface area (Å²) in [6.45, 7) is 4.38. The number of aryl methyl sites for hydroxylation is 1. The number of ether oxygens (including phenoxy) is 2. The van der Waals surface area contributed by atoms with Gasteiger partial charge >= 0.3 is 5.97 Å². The molecule has 3 rings (SSSR count). The number of hydrogen-bond donors (Lipinski definition) is 2. The Morgan fingerprint density at radius 3 is 2.50 bits per heavy atom. The molecule has 1 aliphatic heterocycles. The van der Waals surface area contributed by atoms with Crippen molar-refractivity contribution in [1.29, 1.82) is 0 Å². The summed E-state index contributed by atoms with van der Waals surface area (Å²) in [6.07, 6.45) is 7.31. The monoisotopic (exact) mass is 487 g/mol. The number of hydrogen-bond acceptors (Lipinski definition) is 6. The Balaban J connectivity index is 1.66. The Morgan fingerprint density at radius 2 is 1.82 bits per heavy atom. The van der Waals surface area contributed by atoms with Crippen molar-refractivity contribution in [3.8, 4) is 0 Å². The summed E-state index contributed by atoms with van der Waals surface area (Å²) in [4.78, 5) is 25.4. The number of esters is 1. The van der Waals surface area contributed by atoms with Gasteiger partial charge in [-0.3, -0.25) is 4.79 Å². The second-order valence-corrected chi connectivity index (χ2v) is 10.3. The van der Waals surface area contributed by atoms with Crippen LogP contribution in [0.5, 0.6) is 0 Å². The van der Waals surface area contributed by atoms with Crippen molar-refractivity contribution in [2.45, 2.75) is 83.5 Å². The molecular formula is C27H37NO5S. The molecule has 2 N–H and O–H groups in total. The summed E-state index contributed by atoms with van der Waals surface area (Å²) in [5.74, 6) is -0.247. The molecule has 6 nitrogen and oxygen atoms in total. The highest BCUT2D eigenvalue weighted by Gasteiger charge is 2.25. The van der Waals surface area contributed by atoms with Crippen molar-refractivity contribution in [2.24, 2.45) is 0 Å². The van der Waals surface area contributed by atoms with Gasteiger partial charge in [-0.25, -0.2) is 4.79 Å². The highest BCUT2D eigenvalue weighted by Crippen LogP contribution is 2.33. The number of carbonyl (C=O) groups excluding carboxylic acids is 2. The first-order valence-corrected chi connectivity index (χ1v) is 13.2. The van der Waals surface area contributed by atoms with Crippen molar-refractivity contribution >= 4 is 23.2 Å². The van der Waals surface area contributed by atoms with Crippen LogP contribution >= 0.6 is 11.3 Å². The van der Waals surface area contributed by atoms with E-state index in [0.717, 1.165) is 49.0 Å². The van der Waals surface area contributed by atoms with E-state index in [1.54, 1.807) is 6.07 Å². The van der Waals surface area contributed by atoms with Crippen LogP contribution < -0.4 is 5.32 Å². The van der Waals surface area contributed by atoms with Gasteiger partial charge in [0.1, 0.15) is 11.0 Å². The van der Waals surface area contributed by atoms with E-state index in [0.29, 0.717) is 17.9 Å². The lowest BCUT2D eigenvalue weighted by Crippen LogP contribution is -2.30. The van der Waals surface area contributed by atoms with Crippen LogP contribution in [-0.4, -0.2) is 42.3 Å². The third-order valence-electron chi connectivity index (χ3n) is 5.88. The van der Waals surface area contributed by atoms with E-state index in [2.05, 4.69) is 29.6 Å². The first-order chi connectivity index (χ1) is 16.5. The summed E-state index contributed by atoms with van der Waals surface area (Å²) in [6, 6.07) is 12.3. The fourth-order valence-corrected chi connectivity index (χ4v) is 5.03. The molecule has 0 radical (unpaired) electrons. The molecule has 1 saturated heterocycles. The van der Waals surface area contributed by atoms with E-state index >= 15 is 0 Å². The van der Waals surface area contributed by atoms with E-state index in [-0.39, 0.29) is 36.7 Å². The third kappa shape index (κ3) is 8.22. The summed E-state index contributed by atoms with van der Waals surface area (Å²) < 4.78 is 11.7. The molecule has 1 amide bonds. The van der Waals surface area contributed by atoms with Crippen LogP contribution in [0.2, 0.25) is 0 Å². The smallest absolute Gasteiger partial charge is 0.348 e. The summed E-state index contributed by atoms with van der Waals surface area (Å²) in [5, 5.41) is 11.8. The van der Waals surface area contributed by atoms with Crippen LogP contribution in [0.1, 0.15) is 90.6 Å². The Kier molecular flexibility index (Phi) is 10.6. The van der Waals surface area contributed by atoms with Gasteiger partial charge in [-0.15, -0.1) is 11.3 Å². The predicted octanol–water partition coefficient (Wildman–Crippen LogP) is 5.18. The SMILES string of the molecule is CC(C)OC(=O)c1ccc(C(OC[C@@H]2CCC(=O)N2)c2ccc(CCCCCCCO)cc2)s1. The van der Waals surface area contributed by atoms with Gasteiger partial charge in [0.2, 0.25) is 5.91 Å². The average molecular weight is 488 g/mol. The Bertz CT molecular complexity index is 908. The highest BCUT2D eigenvalue weighted by atomic mass is 32.1. The zero-order chi connectivity index (χ0) is 24.3. The number of unbranched alkanes of at least 4 members (excludes halogenated alkanes) is 4. The number of benzene rings is 1. The van der Waals surface area contributed by atoms with Gasteiger partial charge in [0.25, 0.3) is 0 Å². The molecule has 0 bridgehead atoms. The van der Waals surface area contributed by atoms with Crippen LogP contribution in [0, 0.1) is 0 Å².